The predicted octanol–water partition coefficient (Wildman–Crippen LogP) is 4.32. The van der Waals surface area contributed by atoms with Crippen LogP contribution in [-0.4, -0.2) is 35.1 Å². The standard InChI is InChI=1S/C18H15Cl2N3O3/c1-23(18(24)14-9-13(20)7-8-15(14)25-2)10-16-21-17(22-26-16)11-3-5-12(19)6-4-11/h3-9H,10H2,1-2H3. The van der Waals surface area contributed by atoms with Crippen molar-refractivity contribution >= 4 is 29.1 Å². The van der Waals surface area contributed by atoms with Crippen LogP contribution in [0.25, 0.3) is 11.4 Å². The number of nitrogens with zero attached hydrogens (tertiary/aromatic N) is 3. The van der Waals surface area contributed by atoms with E-state index >= 15 is 0 Å². The number of hydrogen-bond donors (Lipinski definition) is 0. The Balaban J connectivity index is 1.76. The smallest absolute Gasteiger partial charge is 0.257 e. The minimum atomic E-state index is -0.268. The quantitative estimate of drug-likeness (QED) is 0.647. The molecular weight excluding hydrogens is 377 g/mol. The van der Waals surface area contributed by atoms with Crippen LogP contribution in [0.5, 0.6) is 5.75 Å². The Bertz CT molecular complexity index is 926. The first-order valence-corrected chi connectivity index (χ1v) is 8.41. The van der Waals surface area contributed by atoms with E-state index in [4.69, 9.17) is 32.5 Å². The molecule has 0 aliphatic rings. The van der Waals surface area contributed by atoms with Crippen molar-refractivity contribution < 1.29 is 14.1 Å². The maximum atomic E-state index is 12.7. The highest BCUT2D eigenvalue weighted by atomic mass is 35.5. The molecule has 0 aliphatic heterocycles. The normalized spacial score (nSPS) is 10.6. The molecule has 0 aliphatic carbocycles. The summed E-state index contributed by atoms with van der Waals surface area (Å²) in [6.45, 7) is 0.148. The molecule has 134 valence electrons. The number of halogens is 2. The molecule has 8 heteroatoms. The van der Waals surface area contributed by atoms with Gasteiger partial charge in [0.25, 0.3) is 5.91 Å². The van der Waals surface area contributed by atoms with E-state index in [2.05, 4.69) is 10.1 Å². The van der Waals surface area contributed by atoms with Gasteiger partial charge in [-0.1, -0.05) is 28.4 Å². The zero-order valence-electron chi connectivity index (χ0n) is 14.1. The molecule has 0 unspecified atom stereocenters. The molecule has 0 spiro atoms. The first kappa shape index (κ1) is 18.2. The van der Waals surface area contributed by atoms with Crippen LogP contribution >= 0.6 is 23.2 Å². The van der Waals surface area contributed by atoms with Crippen LogP contribution in [0.15, 0.2) is 47.0 Å². The molecule has 6 nitrogen and oxygen atoms in total. The highest BCUT2D eigenvalue weighted by Gasteiger charge is 2.20. The number of benzene rings is 2. The summed E-state index contributed by atoms with van der Waals surface area (Å²) in [6.07, 6.45) is 0. The van der Waals surface area contributed by atoms with Crippen molar-refractivity contribution in [2.45, 2.75) is 6.54 Å². The lowest BCUT2D eigenvalue weighted by molar-refractivity contribution is 0.0766. The van der Waals surface area contributed by atoms with Crippen molar-refractivity contribution in [1.29, 1.82) is 0 Å². The SMILES string of the molecule is COc1ccc(Cl)cc1C(=O)N(C)Cc1nc(-c2ccc(Cl)cc2)no1. The van der Waals surface area contributed by atoms with Gasteiger partial charge in [0.05, 0.1) is 12.7 Å². The molecule has 26 heavy (non-hydrogen) atoms. The second-order valence-electron chi connectivity index (χ2n) is 5.52. The Morgan fingerprint density at radius 3 is 2.54 bits per heavy atom. The summed E-state index contributed by atoms with van der Waals surface area (Å²) in [5, 5.41) is 5.01. The molecule has 0 radical (unpaired) electrons. The van der Waals surface area contributed by atoms with E-state index in [1.54, 1.807) is 49.5 Å². The molecule has 3 rings (SSSR count). The van der Waals surface area contributed by atoms with Crippen molar-refractivity contribution in [2.24, 2.45) is 0 Å². The van der Waals surface area contributed by atoms with E-state index in [9.17, 15) is 4.79 Å². The minimum absolute atomic E-state index is 0.148. The van der Waals surface area contributed by atoms with E-state index in [1.807, 2.05) is 0 Å². The molecule has 0 saturated carbocycles. The van der Waals surface area contributed by atoms with E-state index in [1.165, 1.54) is 12.0 Å². The van der Waals surface area contributed by atoms with Crippen LogP contribution in [0.2, 0.25) is 10.0 Å². The second kappa shape index (κ2) is 7.76. The predicted molar refractivity (Wildman–Crippen MR) is 98.5 cm³/mol. The molecule has 1 amide bonds. The van der Waals surface area contributed by atoms with Crippen LogP contribution in [0.1, 0.15) is 16.2 Å². The molecule has 1 heterocycles. The first-order valence-electron chi connectivity index (χ1n) is 7.65. The number of methoxy groups -OCH3 is 1. The van der Waals surface area contributed by atoms with Crippen LogP contribution in [-0.2, 0) is 6.54 Å². The third kappa shape index (κ3) is 3.98. The van der Waals surface area contributed by atoms with Gasteiger partial charge in [-0.15, -0.1) is 0 Å². The summed E-state index contributed by atoms with van der Waals surface area (Å²) in [5.74, 6) is 0.916. The number of amides is 1. The summed E-state index contributed by atoms with van der Waals surface area (Å²) >= 11 is 11.9. The number of rotatable bonds is 5. The number of aromatic nitrogens is 2. The lowest BCUT2D eigenvalue weighted by Gasteiger charge is -2.16. The summed E-state index contributed by atoms with van der Waals surface area (Å²) < 4.78 is 10.5. The number of ether oxygens (including phenoxy) is 1. The Labute approximate surface area is 160 Å². The van der Waals surface area contributed by atoms with Gasteiger partial charge in [-0.3, -0.25) is 4.79 Å². The summed E-state index contributed by atoms with van der Waals surface area (Å²) in [5.41, 5.74) is 1.13. The number of hydrogen-bond acceptors (Lipinski definition) is 5. The fourth-order valence-corrected chi connectivity index (χ4v) is 2.66. The second-order valence-corrected chi connectivity index (χ2v) is 6.40. The van der Waals surface area contributed by atoms with Gasteiger partial charge >= 0.3 is 0 Å². The number of carbonyl (C=O) groups is 1. The molecule has 0 N–H and O–H groups in total. The summed E-state index contributed by atoms with van der Waals surface area (Å²) in [7, 11) is 3.13. The highest BCUT2D eigenvalue weighted by molar-refractivity contribution is 6.31. The monoisotopic (exact) mass is 391 g/mol. The van der Waals surface area contributed by atoms with Crippen molar-refractivity contribution in [2.75, 3.05) is 14.2 Å². The largest absolute Gasteiger partial charge is 0.496 e. The topological polar surface area (TPSA) is 68.5 Å². The fourth-order valence-electron chi connectivity index (χ4n) is 2.36. The van der Waals surface area contributed by atoms with E-state index < -0.39 is 0 Å². The van der Waals surface area contributed by atoms with Gasteiger partial charge in [0.2, 0.25) is 11.7 Å². The average Bonchev–Trinajstić information content (AvgIpc) is 3.10. The fraction of sp³-hybridized carbons (Fsp3) is 0.167. The molecule has 2 aromatic carbocycles. The molecular formula is C18H15Cl2N3O3. The zero-order chi connectivity index (χ0) is 18.7. The summed E-state index contributed by atoms with van der Waals surface area (Å²) in [6, 6.07) is 11.9. The van der Waals surface area contributed by atoms with Crippen molar-refractivity contribution in [3.05, 3.63) is 64.0 Å². The average molecular weight is 392 g/mol. The first-order chi connectivity index (χ1) is 12.5. The molecule has 0 atom stereocenters. The van der Waals surface area contributed by atoms with Gasteiger partial charge in [0.15, 0.2) is 0 Å². The Hall–Kier alpha value is -2.57. The van der Waals surface area contributed by atoms with Crippen LogP contribution in [0.3, 0.4) is 0 Å². The Kier molecular flexibility index (Phi) is 5.44. The van der Waals surface area contributed by atoms with Gasteiger partial charge in [-0.05, 0) is 42.5 Å². The van der Waals surface area contributed by atoms with Crippen molar-refractivity contribution in [3.63, 3.8) is 0 Å². The van der Waals surface area contributed by atoms with E-state index in [0.29, 0.717) is 33.1 Å². The van der Waals surface area contributed by atoms with Gasteiger partial charge in [0, 0.05) is 22.7 Å². The minimum Gasteiger partial charge on any atom is -0.496 e. The third-order valence-corrected chi connectivity index (χ3v) is 4.17. The lowest BCUT2D eigenvalue weighted by Crippen LogP contribution is -2.26. The van der Waals surface area contributed by atoms with Crippen molar-refractivity contribution in [3.8, 4) is 17.1 Å². The van der Waals surface area contributed by atoms with Gasteiger partial charge in [0.1, 0.15) is 12.3 Å². The van der Waals surface area contributed by atoms with E-state index in [-0.39, 0.29) is 12.5 Å². The van der Waals surface area contributed by atoms with Gasteiger partial charge in [-0.25, -0.2) is 0 Å². The summed E-state index contributed by atoms with van der Waals surface area (Å²) in [4.78, 5) is 18.4. The lowest BCUT2D eigenvalue weighted by atomic mass is 10.1. The van der Waals surface area contributed by atoms with E-state index in [0.717, 1.165) is 5.56 Å². The third-order valence-electron chi connectivity index (χ3n) is 3.68. The maximum absolute atomic E-state index is 12.7. The Morgan fingerprint density at radius 1 is 1.15 bits per heavy atom. The van der Waals surface area contributed by atoms with Gasteiger partial charge in [-0.2, -0.15) is 4.98 Å². The highest BCUT2D eigenvalue weighted by Crippen LogP contribution is 2.24. The molecule has 1 aromatic heterocycles. The van der Waals surface area contributed by atoms with Crippen LogP contribution < -0.4 is 4.74 Å². The zero-order valence-corrected chi connectivity index (χ0v) is 15.6. The molecule has 0 fully saturated rings. The van der Waals surface area contributed by atoms with Gasteiger partial charge < -0.3 is 14.2 Å². The van der Waals surface area contributed by atoms with Crippen LogP contribution in [0.4, 0.5) is 0 Å². The molecule has 0 saturated heterocycles. The maximum Gasteiger partial charge on any atom is 0.257 e. The van der Waals surface area contributed by atoms with Crippen molar-refractivity contribution in [1.82, 2.24) is 15.0 Å². The Morgan fingerprint density at radius 2 is 1.85 bits per heavy atom. The van der Waals surface area contributed by atoms with Crippen LogP contribution in [0, 0.1) is 0 Å². The number of carbonyl (C=O) groups excluding carboxylic acids is 1. The molecule has 3 aromatic rings. The molecule has 0 bridgehead atoms.